The molecule has 0 fully saturated rings. The van der Waals surface area contributed by atoms with E-state index in [1.54, 1.807) is 12.5 Å². The number of benzene rings is 3. The number of hydrogen-bond donors (Lipinski definition) is 1. The normalized spacial score (nSPS) is 11.0. The molecule has 1 amide bonds. The van der Waals surface area contributed by atoms with E-state index >= 15 is 0 Å². The molecule has 0 aliphatic rings. The zero-order valence-corrected chi connectivity index (χ0v) is 16.8. The van der Waals surface area contributed by atoms with Crippen LogP contribution in [0.5, 0.6) is 0 Å². The fraction of sp³-hybridized carbons (Fsp3) is 0.0800. The molecule has 0 atom stereocenters. The molecule has 0 unspecified atom stereocenters. The van der Waals surface area contributed by atoms with Gasteiger partial charge < -0.3 is 9.88 Å². The summed E-state index contributed by atoms with van der Waals surface area (Å²) >= 11 is 0. The third-order valence-electron chi connectivity index (χ3n) is 5.26. The first-order valence-corrected chi connectivity index (χ1v) is 10.1. The topological polar surface area (TPSA) is 64.7 Å². The highest BCUT2D eigenvalue weighted by Gasteiger charge is 2.06. The van der Waals surface area contributed by atoms with E-state index in [9.17, 15) is 4.79 Å². The van der Waals surface area contributed by atoms with Crippen LogP contribution in [0.25, 0.3) is 22.4 Å². The number of carbonyl (C=O) groups is 1. The first-order valence-electron chi connectivity index (χ1n) is 10.1. The molecular formula is C25H21N5O. The quantitative estimate of drug-likeness (QED) is 0.461. The highest BCUT2D eigenvalue weighted by Crippen LogP contribution is 2.18. The molecule has 0 aliphatic heterocycles. The molecule has 3 aromatic carbocycles. The molecule has 2 heterocycles. The van der Waals surface area contributed by atoms with E-state index in [0.29, 0.717) is 13.0 Å². The Kier molecular flexibility index (Phi) is 5.02. The van der Waals surface area contributed by atoms with Crippen molar-refractivity contribution in [2.24, 2.45) is 0 Å². The van der Waals surface area contributed by atoms with Gasteiger partial charge in [0.25, 0.3) is 0 Å². The number of nitrogens with zero attached hydrogens (tertiary/aromatic N) is 4. The minimum absolute atomic E-state index is 0.0000565. The summed E-state index contributed by atoms with van der Waals surface area (Å²) in [6.07, 6.45) is 7.57. The van der Waals surface area contributed by atoms with Crippen LogP contribution in [0.4, 0.5) is 0 Å². The van der Waals surface area contributed by atoms with Gasteiger partial charge in [0.2, 0.25) is 5.91 Å². The number of nitrogens with one attached hydrogen (secondary N) is 1. The zero-order valence-electron chi connectivity index (χ0n) is 16.8. The number of para-hydroxylation sites is 2. The third-order valence-corrected chi connectivity index (χ3v) is 5.26. The van der Waals surface area contributed by atoms with Crippen LogP contribution in [0.1, 0.15) is 11.1 Å². The van der Waals surface area contributed by atoms with Crippen molar-refractivity contribution < 1.29 is 4.79 Å². The van der Waals surface area contributed by atoms with Crippen molar-refractivity contribution in [3.8, 4) is 11.4 Å². The average molecular weight is 407 g/mol. The Hall–Kier alpha value is -4.19. The molecule has 5 aromatic rings. The Morgan fingerprint density at radius 3 is 2.35 bits per heavy atom. The molecule has 0 radical (unpaired) electrons. The van der Waals surface area contributed by atoms with E-state index < -0.39 is 0 Å². The monoisotopic (exact) mass is 407 g/mol. The van der Waals surface area contributed by atoms with Gasteiger partial charge in [-0.3, -0.25) is 9.36 Å². The lowest BCUT2D eigenvalue weighted by Gasteiger charge is -2.09. The van der Waals surface area contributed by atoms with Crippen LogP contribution in [0.2, 0.25) is 0 Å². The number of carbonyl (C=O) groups excluding carboxylic acids is 1. The molecule has 1 N–H and O–H groups in total. The van der Waals surface area contributed by atoms with Crippen LogP contribution in [0.15, 0.2) is 97.8 Å². The van der Waals surface area contributed by atoms with Crippen LogP contribution in [0, 0.1) is 0 Å². The molecule has 2 aromatic heterocycles. The number of hydrogen-bond acceptors (Lipinski definition) is 3. The van der Waals surface area contributed by atoms with Gasteiger partial charge in [-0.1, -0.05) is 36.4 Å². The van der Waals surface area contributed by atoms with Crippen molar-refractivity contribution in [2.75, 3.05) is 0 Å². The second-order valence-electron chi connectivity index (χ2n) is 7.36. The Bertz CT molecular complexity index is 1300. The molecule has 0 saturated carbocycles. The van der Waals surface area contributed by atoms with E-state index in [0.717, 1.165) is 33.5 Å². The molecule has 5 rings (SSSR count). The minimum Gasteiger partial charge on any atom is -0.352 e. The van der Waals surface area contributed by atoms with E-state index in [1.165, 1.54) is 0 Å². The van der Waals surface area contributed by atoms with Crippen LogP contribution >= 0.6 is 0 Å². The van der Waals surface area contributed by atoms with Gasteiger partial charge in [0.05, 0.1) is 23.8 Å². The second kappa shape index (κ2) is 8.28. The predicted octanol–water partition coefficient (Wildman–Crippen LogP) is 4.07. The smallest absolute Gasteiger partial charge is 0.224 e. The van der Waals surface area contributed by atoms with Crippen LogP contribution in [-0.4, -0.2) is 25.0 Å². The highest BCUT2D eigenvalue weighted by atomic mass is 16.1. The molecule has 0 aliphatic carbocycles. The summed E-state index contributed by atoms with van der Waals surface area (Å²) in [4.78, 5) is 20.8. The highest BCUT2D eigenvalue weighted by molar-refractivity contribution is 5.79. The number of imidazole rings is 2. The summed E-state index contributed by atoms with van der Waals surface area (Å²) in [7, 11) is 0. The van der Waals surface area contributed by atoms with Crippen molar-refractivity contribution in [1.82, 2.24) is 24.4 Å². The molecule has 0 bridgehead atoms. The fourth-order valence-electron chi connectivity index (χ4n) is 3.59. The van der Waals surface area contributed by atoms with Gasteiger partial charge in [0, 0.05) is 30.3 Å². The molecule has 0 spiro atoms. The van der Waals surface area contributed by atoms with E-state index in [1.807, 2.05) is 83.8 Å². The number of amides is 1. The number of aromatic nitrogens is 4. The zero-order chi connectivity index (χ0) is 21.0. The van der Waals surface area contributed by atoms with Crippen molar-refractivity contribution in [3.05, 3.63) is 109 Å². The molecule has 6 nitrogen and oxygen atoms in total. The van der Waals surface area contributed by atoms with Gasteiger partial charge >= 0.3 is 0 Å². The maximum absolute atomic E-state index is 12.4. The van der Waals surface area contributed by atoms with Crippen molar-refractivity contribution in [1.29, 1.82) is 0 Å². The maximum Gasteiger partial charge on any atom is 0.224 e. The molecule has 0 saturated heterocycles. The van der Waals surface area contributed by atoms with Gasteiger partial charge in [-0.05, 0) is 47.5 Å². The summed E-state index contributed by atoms with van der Waals surface area (Å²) in [5, 5.41) is 3.00. The van der Waals surface area contributed by atoms with Crippen LogP contribution < -0.4 is 5.32 Å². The minimum atomic E-state index is 0.0000565. The van der Waals surface area contributed by atoms with Crippen LogP contribution in [0.3, 0.4) is 0 Å². The van der Waals surface area contributed by atoms with Crippen molar-refractivity contribution in [3.63, 3.8) is 0 Å². The Balaban J connectivity index is 1.19. The summed E-state index contributed by atoms with van der Waals surface area (Å²) < 4.78 is 3.99. The summed E-state index contributed by atoms with van der Waals surface area (Å²) in [5.41, 5.74) is 6.13. The van der Waals surface area contributed by atoms with E-state index in [2.05, 4.69) is 25.9 Å². The fourth-order valence-corrected chi connectivity index (χ4v) is 3.59. The molecule has 6 heteroatoms. The number of rotatable bonds is 6. The van der Waals surface area contributed by atoms with Gasteiger partial charge in [-0.15, -0.1) is 0 Å². The van der Waals surface area contributed by atoms with Crippen molar-refractivity contribution >= 4 is 16.9 Å². The average Bonchev–Trinajstić information content (AvgIpc) is 3.49. The summed E-state index contributed by atoms with van der Waals surface area (Å²) in [5.74, 6) is 0.0000565. The van der Waals surface area contributed by atoms with Crippen molar-refractivity contribution in [2.45, 2.75) is 13.0 Å². The van der Waals surface area contributed by atoms with E-state index in [-0.39, 0.29) is 5.91 Å². The largest absolute Gasteiger partial charge is 0.352 e. The van der Waals surface area contributed by atoms with Gasteiger partial charge in [0.15, 0.2) is 0 Å². The standard InChI is InChI=1S/C25H21N5O/c31-25(15-19-5-9-21(10-6-19)29-14-13-26-17-29)27-16-20-7-11-22(12-8-20)30-18-28-23-3-1-2-4-24(23)30/h1-14,17-18H,15-16H2,(H,27,31). The maximum atomic E-state index is 12.4. The first kappa shape index (κ1) is 18.8. The van der Waals surface area contributed by atoms with Gasteiger partial charge in [-0.2, -0.15) is 0 Å². The second-order valence-corrected chi connectivity index (χ2v) is 7.36. The SMILES string of the molecule is O=C(Cc1ccc(-n2ccnc2)cc1)NCc1ccc(-n2cnc3ccccc32)cc1. The lowest BCUT2D eigenvalue weighted by atomic mass is 10.1. The molecule has 31 heavy (non-hydrogen) atoms. The lowest BCUT2D eigenvalue weighted by Crippen LogP contribution is -2.24. The Morgan fingerprint density at radius 1 is 0.839 bits per heavy atom. The summed E-state index contributed by atoms with van der Waals surface area (Å²) in [6.45, 7) is 0.497. The van der Waals surface area contributed by atoms with Gasteiger partial charge in [0.1, 0.15) is 6.33 Å². The van der Waals surface area contributed by atoms with E-state index in [4.69, 9.17) is 0 Å². The number of fused-ring (bicyclic) bond motifs is 1. The Labute approximate surface area is 179 Å². The molecule has 152 valence electrons. The van der Waals surface area contributed by atoms with Gasteiger partial charge in [-0.25, -0.2) is 9.97 Å². The van der Waals surface area contributed by atoms with Crippen LogP contribution in [-0.2, 0) is 17.8 Å². The molecular weight excluding hydrogens is 386 g/mol. The summed E-state index contributed by atoms with van der Waals surface area (Å²) in [6, 6.07) is 24.1. The first-order chi connectivity index (χ1) is 15.3. The lowest BCUT2D eigenvalue weighted by molar-refractivity contribution is -0.120. The Morgan fingerprint density at radius 2 is 1.58 bits per heavy atom. The predicted molar refractivity (Wildman–Crippen MR) is 120 cm³/mol. The third kappa shape index (κ3) is 4.09.